The molecule has 0 radical (unpaired) electrons. The van der Waals surface area contributed by atoms with E-state index in [0.29, 0.717) is 45.0 Å². The first-order valence-corrected chi connectivity index (χ1v) is 12.7. The maximum absolute atomic E-state index is 13.5. The van der Waals surface area contributed by atoms with Gasteiger partial charge in [-0.25, -0.2) is 8.42 Å². The first-order chi connectivity index (χ1) is 14.5. The van der Waals surface area contributed by atoms with E-state index >= 15 is 0 Å². The van der Waals surface area contributed by atoms with Crippen molar-refractivity contribution in [1.29, 1.82) is 0 Å². The summed E-state index contributed by atoms with van der Waals surface area (Å²) >= 11 is 0. The van der Waals surface area contributed by atoms with Gasteiger partial charge < -0.3 is 14.5 Å². The topological polar surface area (TPSA) is 70.2 Å². The predicted molar refractivity (Wildman–Crippen MR) is 119 cm³/mol. The summed E-state index contributed by atoms with van der Waals surface area (Å²) in [6, 6.07) is 5.10. The van der Waals surface area contributed by atoms with Gasteiger partial charge >= 0.3 is 0 Å². The van der Waals surface area contributed by atoms with E-state index in [4.69, 9.17) is 4.74 Å². The molecule has 2 saturated heterocycles. The fourth-order valence-electron chi connectivity index (χ4n) is 4.12. The van der Waals surface area contributed by atoms with Gasteiger partial charge in [0.25, 0.3) is 5.91 Å². The lowest BCUT2D eigenvalue weighted by Crippen LogP contribution is -2.41. The minimum Gasteiger partial charge on any atom is -0.379 e. The molecular formula is C22H35N3O4S. The van der Waals surface area contributed by atoms with Crippen molar-refractivity contribution in [2.45, 2.75) is 50.8 Å². The van der Waals surface area contributed by atoms with E-state index in [-0.39, 0.29) is 10.8 Å². The Labute approximate surface area is 181 Å². The summed E-state index contributed by atoms with van der Waals surface area (Å²) in [6.45, 7) is 8.66. The molecule has 2 aliphatic heterocycles. The van der Waals surface area contributed by atoms with Gasteiger partial charge in [0, 0.05) is 45.0 Å². The fourth-order valence-corrected chi connectivity index (χ4v) is 5.55. The Hall–Kier alpha value is -1.64. The largest absolute Gasteiger partial charge is 0.379 e. The molecule has 30 heavy (non-hydrogen) atoms. The lowest BCUT2D eigenvalue weighted by Gasteiger charge is -2.32. The predicted octanol–water partition coefficient (Wildman–Crippen LogP) is 2.96. The second-order valence-electron chi connectivity index (χ2n) is 7.98. The third-order valence-corrected chi connectivity index (χ3v) is 7.85. The lowest BCUT2D eigenvalue weighted by molar-refractivity contribution is 0.0729. The number of piperidine rings is 1. The van der Waals surface area contributed by atoms with E-state index in [1.807, 2.05) is 17.9 Å². The molecule has 1 aromatic rings. The van der Waals surface area contributed by atoms with Gasteiger partial charge in [-0.3, -0.25) is 4.79 Å². The summed E-state index contributed by atoms with van der Waals surface area (Å²) in [4.78, 5) is 17.7. The number of amides is 1. The molecule has 1 aromatic carbocycles. The Kier molecular flexibility index (Phi) is 8.13. The normalized spacial score (nSPS) is 18.4. The van der Waals surface area contributed by atoms with Crippen molar-refractivity contribution in [3.05, 3.63) is 23.8 Å². The van der Waals surface area contributed by atoms with E-state index in [1.165, 1.54) is 10.7 Å². The quantitative estimate of drug-likeness (QED) is 0.625. The average Bonchev–Trinajstić information content (AvgIpc) is 2.80. The van der Waals surface area contributed by atoms with Crippen molar-refractivity contribution in [3.63, 3.8) is 0 Å². The highest BCUT2D eigenvalue weighted by atomic mass is 32.2. The van der Waals surface area contributed by atoms with Crippen LogP contribution in [0.5, 0.6) is 0 Å². The van der Waals surface area contributed by atoms with Crippen molar-refractivity contribution in [1.82, 2.24) is 9.21 Å². The van der Waals surface area contributed by atoms with E-state index in [9.17, 15) is 13.2 Å². The van der Waals surface area contributed by atoms with E-state index in [2.05, 4.69) is 11.8 Å². The summed E-state index contributed by atoms with van der Waals surface area (Å²) < 4.78 is 33.1. The minimum atomic E-state index is -3.65. The Bertz CT molecular complexity index is 816. The average molecular weight is 438 g/mol. The van der Waals surface area contributed by atoms with Crippen LogP contribution in [0.25, 0.3) is 0 Å². The number of ether oxygens (including phenoxy) is 1. The summed E-state index contributed by atoms with van der Waals surface area (Å²) in [5.74, 6) is -0.0782. The zero-order chi connectivity index (χ0) is 21.6. The Morgan fingerprint density at radius 1 is 1.07 bits per heavy atom. The van der Waals surface area contributed by atoms with Crippen molar-refractivity contribution in [3.8, 4) is 0 Å². The van der Waals surface area contributed by atoms with E-state index in [1.54, 1.807) is 12.1 Å². The summed E-state index contributed by atoms with van der Waals surface area (Å²) in [7, 11) is -3.65. The van der Waals surface area contributed by atoms with E-state index in [0.717, 1.165) is 44.5 Å². The molecule has 2 fully saturated rings. The zero-order valence-corrected chi connectivity index (χ0v) is 19.1. The molecule has 2 aliphatic rings. The molecule has 0 unspecified atom stereocenters. The molecule has 0 bridgehead atoms. The summed E-state index contributed by atoms with van der Waals surface area (Å²) in [5, 5.41) is 0. The van der Waals surface area contributed by atoms with Crippen molar-refractivity contribution in [2.24, 2.45) is 0 Å². The third kappa shape index (κ3) is 5.15. The molecule has 3 rings (SSSR count). The van der Waals surface area contributed by atoms with Gasteiger partial charge in [-0.1, -0.05) is 13.3 Å². The van der Waals surface area contributed by atoms with Crippen molar-refractivity contribution < 1.29 is 17.9 Å². The number of sulfonamides is 1. The number of carbonyl (C=O) groups excluding carboxylic acids is 1. The van der Waals surface area contributed by atoms with Crippen LogP contribution >= 0.6 is 0 Å². The minimum absolute atomic E-state index is 0.0782. The lowest BCUT2D eigenvalue weighted by atomic mass is 10.1. The van der Waals surface area contributed by atoms with Crippen LogP contribution in [0, 0.1) is 0 Å². The second-order valence-corrected chi connectivity index (χ2v) is 9.92. The summed E-state index contributed by atoms with van der Waals surface area (Å²) in [5.41, 5.74) is 1.36. The number of morpholine rings is 1. The monoisotopic (exact) mass is 437 g/mol. The molecule has 1 amide bonds. The van der Waals surface area contributed by atoms with Crippen LogP contribution in [0.4, 0.5) is 5.69 Å². The van der Waals surface area contributed by atoms with Gasteiger partial charge in [-0.15, -0.1) is 0 Å². The Morgan fingerprint density at radius 2 is 1.77 bits per heavy atom. The van der Waals surface area contributed by atoms with Gasteiger partial charge in [0.05, 0.1) is 23.7 Å². The maximum atomic E-state index is 13.5. The first-order valence-electron chi connectivity index (χ1n) is 11.2. The van der Waals surface area contributed by atoms with Crippen molar-refractivity contribution >= 4 is 21.6 Å². The number of benzene rings is 1. The van der Waals surface area contributed by atoms with Gasteiger partial charge in [-0.05, 0) is 50.8 Å². The SMILES string of the molecule is CCCCN(CC)C(=O)c1cc(S(=O)(=O)N2CCOCC2)ccc1N1CCCCC1. The standard InChI is InChI=1S/C22H35N3O4S/c1-3-5-11-23(4-2)22(26)20-18-19(30(27,28)25-14-16-29-17-15-25)9-10-21(20)24-12-7-6-8-13-24/h9-10,18H,3-8,11-17H2,1-2H3. The number of carbonyl (C=O) groups is 1. The number of anilines is 1. The smallest absolute Gasteiger partial charge is 0.255 e. The van der Waals surface area contributed by atoms with Crippen LogP contribution in [-0.2, 0) is 14.8 Å². The number of nitrogens with zero attached hydrogens (tertiary/aromatic N) is 3. The highest BCUT2D eigenvalue weighted by molar-refractivity contribution is 7.89. The third-order valence-electron chi connectivity index (χ3n) is 5.95. The molecule has 0 atom stereocenters. The number of rotatable bonds is 8. The molecule has 168 valence electrons. The van der Waals surface area contributed by atoms with E-state index < -0.39 is 10.0 Å². The highest BCUT2D eigenvalue weighted by Crippen LogP contribution is 2.29. The van der Waals surface area contributed by atoms with Crippen LogP contribution in [-0.4, -0.2) is 76.0 Å². The van der Waals surface area contributed by atoms with Gasteiger partial charge in [0.2, 0.25) is 10.0 Å². The van der Waals surface area contributed by atoms with Crippen LogP contribution in [0.3, 0.4) is 0 Å². The number of unbranched alkanes of at least 4 members (excludes halogenated alkanes) is 1. The molecule has 7 nitrogen and oxygen atoms in total. The van der Waals surface area contributed by atoms with Crippen LogP contribution in [0.1, 0.15) is 56.3 Å². The summed E-state index contributed by atoms with van der Waals surface area (Å²) in [6.07, 6.45) is 5.32. The van der Waals surface area contributed by atoms with Crippen LogP contribution in [0.15, 0.2) is 23.1 Å². The molecule has 0 N–H and O–H groups in total. The highest BCUT2D eigenvalue weighted by Gasteiger charge is 2.29. The second kappa shape index (κ2) is 10.6. The van der Waals surface area contributed by atoms with Gasteiger partial charge in [0.1, 0.15) is 0 Å². The molecule has 0 saturated carbocycles. The molecule has 0 spiro atoms. The number of hydrogen-bond donors (Lipinski definition) is 0. The van der Waals surface area contributed by atoms with Crippen LogP contribution < -0.4 is 4.90 Å². The van der Waals surface area contributed by atoms with Crippen LogP contribution in [0.2, 0.25) is 0 Å². The molecule has 0 aliphatic carbocycles. The molecular weight excluding hydrogens is 402 g/mol. The molecule has 0 aromatic heterocycles. The maximum Gasteiger partial charge on any atom is 0.255 e. The Balaban J connectivity index is 1.98. The fraction of sp³-hybridized carbons (Fsp3) is 0.682. The van der Waals surface area contributed by atoms with Crippen molar-refractivity contribution in [2.75, 3.05) is 57.4 Å². The Morgan fingerprint density at radius 3 is 2.40 bits per heavy atom. The number of hydrogen-bond acceptors (Lipinski definition) is 5. The van der Waals surface area contributed by atoms with Gasteiger partial charge in [-0.2, -0.15) is 4.31 Å². The van der Waals surface area contributed by atoms with Gasteiger partial charge in [0.15, 0.2) is 0 Å². The molecule has 8 heteroatoms. The zero-order valence-electron chi connectivity index (χ0n) is 18.3. The molecule has 2 heterocycles. The first kappa shape index (κ1) is 23.0.